The smallest absolute Gasteiger partial charge is 0.336 e. The highest BCUT2D eigenvalue weighted by Gasteiger charge is 2.31. The van der Waals surface area contributed by atoms with Crippen LogP contribution >= 0.6 is 46.4 Å². The lowest BCUT2D eigenvalue weighted by Gasteiger charge is -2.27. The van der Waals surface area contributed by atoms with Crippen molar-refractivity contribution in [1.29, 1.82) is 5.26 Å². The number of nitrogens with zero attached hydrogens (tertiary/aromatic N) is 1. The fraction of sp³-hybridized carbons (Fsp3) is 0.0400. The number of halogens is 4. The van der Waals surface area contributed by atoms with Crippen LogP contribution in [-0.4, -0.2) is 5.97 Å². The Balaban J connectivity index is 1.61. The van der Waals surface area contributed by atoms with Gasteiger partial charge in [-0.2, -0.15) is 5.26 Å². The normalized spacial score (nSPS) is 15.0. The van der Waals surface area contributed by atoms with Crippen LogP contribution in [0.25, 0.3) is 6.08 Å². The van der Waals surface area contributed by atoms with E-state index in [1.165, 1.54) is 18.2 Å². The van der Waals surface area contributed by atoms with Crippen molar-refractivity contribution in [3.05, 3.63) is 109 Å². The summed E-state index contributed by atoms with van der Waals surface area (Å²) < 4.78 is 11.1. The van der Waals surface area contributed by atoms with E-state index in [-0.39, 0.29) is 17.2 Å². The quantitative estimate of drug-likeness (QED) is 0.220. The van der Waals surface area contributed by atoms with Crippen molar-refractivity contribution < 1.29 is 14.3 Å². The molecule has 1 heterocycles. The highest BCUT2D eigenvalue weighted by Crippen LogP contribution is 2.44. The summed E-state index contributed by atoms with van der Waals surface area (Å²) in [5.41, 5.74) is 8.25. The molecule has 0 saturated carbocycles. The van der Waals surface area contributed by atoms with Crippen LogP contribution in [0.1, 0.15) is 22.6 Å². The van der Waals surface area contributed by atoms with E-state index >= 15 is 0 Å². The van der Waals surface area contributed by atoms with Crippen LogP contribution in [-0.2, 0) is 4.79 Å². The molecule has 9 heteroatoms. The molecule has 1 unspecified atom stereocenters. The Morgan fingerprint density at radius 3 is 2.50 bits per heavy atom. The third kappa shape index (κ3) is 5.01. The van der Waals surface area contributed by atoms with Gasteiger partial charge in [-0.3, -0.25) is 0 Å². The average Bonchev–Trinajstić information content (AvgIpc) is 2.79. The number of hydrogen-bond acceptors (Lipinski definition) is 5. The van der Waals surface area contributed by atoms with Gasteiger partial charge in [0, 0.05) is 27.8 Å². The molecular weight excluding hydrogens is 518 g/mol. The van der Waals surface area contributed by atoms with E-state index in [2.05, 4.69) is 6.07 Å². The van der Waals surface area contributed by atoms with Gasteiger partial charge in [-0.15, -0.1) is 0 Å². The predicted octanol–water partition coefficient (Wildman–Crippen LogP) is 7.14. The SMILES string of the molecule is N#CC1=C(N)Oc2cc(OC(=O)/C=C/c3ccc(Cl)cc3Cl)ccc2C1c1ccc(Cl)c(Cl)c1. The number of carbonyl (C=O) groups excluding carboxylic acids is 1. The minimum absolute atomic E-state index is 0.0492. The van der Waals surface area contributed by atoms with Crippen molar-refractivity contribution in [3.8, 4) is 17.6 Å². The Bertz CT molecular complexity index is 1410. The first kappa shape index (κ1) is 24.0. The van der Waals surface area contributed by atoms with Crippen LogP contribution in [0.3, 0.4) is 0 Å². The molecule has 0 fully saturated rings. The molecule has 0 spiro atoms. The Labute approximate surface area is 215 Å². The zero-order valence-corrected chi connectivity index (χ0v) is 20.2. The molecule has 1 aliphatic heterocycles. The number of allylic oxidation sites excluding steroid dienone is 1. The first-order valence-corrected chi connectivity index (χ1v) is 11.3. The van der Waals surface area contributed by atoms with Gasteiger partial charge in [0.1, 0.15) is 23.1 Å². The highest BCUT2D eigenvalue weighted by molar-refractivity contribution is 6.42. The maximum Gasteiger partial charge on any atom is 0.336 e. The lowest BCUT2D eigenvalue weighted by Crippen LogP contribution is -2.21. The maximum atomic E-state index is 12.3. The number of nitriles is 1. The van der Waals surface area contributed by atoms with E-state index in [1.807, 2.05) is 0 Å². The van der Waals surface area contributed by atoms with E-state index in [0.717, 1.165) is 0 Å². The number of fused-ring (bicyclic) bond motifs is 1. The summed E-state index contributed by atoms with van der Waals surface area (Å²) in [5, 5.41) is 11.3. The number of nitrogens with two attached hydrogens (primary N) is 1. The summed E-state index contributed by atoms with van der Waals surface area (Å²) in [7, 11) is 0. The summed E-state index contributed by atoms with van der Waals surface area (Å²) in [6.45, 7) is 0. The number of esters is 1. The van der Waals surface area contributed by atoms with Crippen molar-refractivity contribution >= 4 is 58.4 Å². The largest absolute Gasteiger partial charge is 0.440 e. The molecule has 4 rings (SSSR count). The van der Waals surface area contributed by atoms with Gasteiger partial charge in [0.15, 0.2) is 0 Å². The summed E-state index contributed by atoms with van der Waals surface area (Å²) >= 11 is 24.2. The summed E-state index contributed by atoms with van der Waals surface area (Å²) in [5.74, 6) is -0.615. The molecule has 3 aromatic rings. The van der Waals surface area contributed by atoms with Crippen molar-refractivity contribution in [3.63, 3.8) is 0 Å². The maximum absolute atomic E-state index is 12.3. The molecule has 1 aliphatic rings. The van der Waals surface area contributed by atoms with Crippen molar-refractivity contribution in [2.24, 2.45) is 5.73 Å². The Kier molecular flexibility index (Phi) is 7.06. The summed E-state index contributed by atoms with van der Waals surface area (Å²) in [6, 6.07) is 17.0. The highest BCUT2D eigenvalue weighted by atomic mass is 35.5. The predicted molar refractivity (Wildman–Crippen MR) is 133 cm³/mol. The summed E-state index contributed by atoms with van der Waals surface area (Å²) in [4.78, 5) is 12.3. The molecular formula is C25H14Cl4N2O3. The fourth-order valence-electron chi connectivity index (χ4n) is 3.48. The first-order chi connectivity index (χ1) is 16.3. The van der Waals surface area contributed by atoms with E-state index < -0.39 is 11.9 Å². The molecule has 34 heavy (non-hydrogen) atoms. The van der Waals surface area contributed by atoms with Gasteiger partial charge in [-0.1, -0.05) is 64.6 Å². The van der Waals surface area contributed by atoms with Crippen LogP contribution in [0, 0.1) is 11.3 Å². The first-order valence-electron chi connectivity index (χ1n) is 9.78. The van der Waals surface area contributed by atoms with Crippen LogP contribution in [0.4, 0.5) is 0 Å². The minimum atomic E-state index is -0.621. The van der Waals surface area contributed by atoms with Crippen molar-refractivity contribution in [1.82, 2.24) is 0 Å². The summed E-state index contributed by atoms with van der Waals surface area (Å²) in [6.07, 6.45) is 2.77. The Morgan fingerprint density at radius 1 is 1.00 bits per heavy atom. The molecule has 0 aromatic heterocycles. The Hall–Kier alpha value is -3.14. The molecule has 0 saturated heterocycles. The van der Waals surface area contributed by atoms with Crippen LogP contribution in [0.5, 0.6) is 11.5 Å². The molecule has 5 nitrogen and oxygen atoms in total. The standard InChI is InChI=1S/C25H14Cl4N2O3/c26-15-4-1-13(20(28)10-15)3-8-23(32)33-16-5-6-17-22(11-16)34-25(31)18(12-30)24(17)14-2-7-19(27)21(29)9-14/h1-11,24H,31H2/b8-3+. The van der Waals surface area contributed by atoms with Gasteiger partial charge >= 0.3 is 5.97 Å². The minimum Gasteiger partial charge on any atom is -0.440 e. The number of ether oxygens (including phenoxy) is 2. The second-order valence-electron chi connectivity index (χ2n) is 7.22. The Morgan fingerprint density at radius 2 is 1.79 bits per heavy atom. The number of carbonyl (C=O) groups is 1. The van der Waals surface area contributed by atoms with Gasteiger partial charge in [0.05, 0.1) is 16.0 Å². The van der Waals surface area contributed by atoms with Gasteiger partial charge in [-0.25, -0.2) is 4.79 Å². The molecule has 0 bridgehead atoms. The molecule has 2 N–H and O–H groups in total. The van der Waals surface area contributed by atoms with E-state index in [9.17, 15) is 10.1 Å². The lowest BCUT2D eigenvalue weighted by atomic mass is 9.83. The third-order valence-electron chi connectivity index (χ3n) is 5.05. The second-order valence-corrected chi connectivity index (χ2v) is 8.88. The van der Waals surface area contributed by atoms with Gasteiger partial charge in [-0.05, 0) is 47.5 Å². The third-order valence-corrected chi connectivity index (χ3v) is 6.35. The van der Waals surface area contributed by atoms with Gasteiger partial charge < -0.3 is 15.2 Å². The molecule has 1 atom stereocenters. The zero-order chi connectivity index (χ0) is 24.4. The number of benzene rings is 3. The van der Waals surface area contributed by atoms with Crippen molar-refractivity contribution in [2.45, 2.75) is 5.92 Å². The average molecular weight is 532 g/mol. The molecule has 0 radical (unpaired) electrons. The molecule has 3 aromatic carbocycles. The number of hydrogen-bond donors (Lipinski definition) is 1. The van der Waals surface area contributed by atoms with Gasteiger partial charge in [0.25, 0.3) is 0 Å². The zero-order valence-electron chi connectivity index (χ0n) is 17.2. The lowest BCUT2D eigenvalue weighted by molar-refractivity contribution is -0.128. The fourth-order valence-corrected chi connectivity index (χ4v) is 4.26. The van der Waals surface area contributed by atoms with E-state index in [1.54, 1.807) is 48.5 Å². The molecule has 170 valence electrons. The topological polar surface area (TPSA) is 85.3 Å². The van der Waals surface area contributed by atoms with E-state index in [4.69, 9.17) is 61.6 Å². The molecule has 0 aliphatic carbocycles. The van der Waals surface area contributed by atoms with Crippen LogP contribution in [0.15, 0.2) is 72.1 Å². The van der Waals surface area contributed by atoms with Gasteiger partial charge in [0.2, 0.25) is 5.88 Å². The van der Waals surface area contributed by atoms with Crippen molar-refractivity contribution in [2.75, 3.05) is 0 Å². The monoisotopic (exact) mass is 530 g/mol. The van der Waals surface area contributed by atoms with E-state index in [0.29, 0.717) is 42.5 Å². The van der Waals surface area contributed by atoms with Crippen LogP contribution in [0.2, 0.25) is 20.1 Å². The molecule has 0 amide bonds. The van der Waals surface area contributed by atoms with Crippen LogP contribution < -0.4 is 15.2 Å². The number of rotatable bonds is 4. The second kappa shape index (κ2) is 10.0.